The maximum Gasteiger partial charge on any atom is 0.162 e. The normalized spacial score (nSPS) is 14.8. The Balaban J connectivity index is 3.83. The summed E-state index contributed by atoms with van der Waals surface area (Å²) >= 11 is 0. The smallest absolute Gasteiger partial charge is 0.162 e. The van der Waals surface area contributed by atoms with Gasteiger partial charge in [0.15, 0.2) is 5.79 Å². The molecule has 0 bridgehead atoms. The fraction of sp³-hybridized carbons (Fsp3) is 1.00. The molecule has 0 aromatic rings. The molecule has 2 N–H and O–H groups in total. The van der Waals surface area contributed by atoms with Crippen molar-refractivity contribution in [2.24, 2.45) is 0 Å². The van der Waals surface area contributed by atoms with E-state index in [4.69, 9.17) is 19.7 Å². The lowest BCUT2D eigenvalue weighted by molar-refractivity contribution is -0.231. The topological polar surface area (TPSA) is 58.9 Å². The second-order valence-corrected chi connectivity index (χ2v) is 3.04. The predicted octanol–water partition coefficient (Wildman–Crippen LogP) is 0.129. The van der Waals surface area contributed by atoms with Crippen molar-refractivity contribution in [2.75, 3.05) is 20.3 Å². The van der Waals surface area contributed by atoms with Crippen molar-refractivity contribution in [3.63, 3.8) is 0 Å². The van der Waals surface area contributed by atoms with Crippen LogP contribution in [-0.4, -0.2) is 42.4 Å². The molecule has 4 heteroatoms. The Morgan fingerprint density at radius 2 is 1.92 bits per heavy atom. The summed E-state index contributed by atoms with van der Waals surface area (Å²) in [7, 11) is 1.54. The highest BCUT2D eigenvalue weighted by Gasteiger charge is 2.21. The van der Waals surface area contributed by atoms with Crippen LogP contribution in [0.5, 0.6) is 0 Å². The summed E-state index contributed by atoms with van der Waals surface area (Å²) in [5, 5.41) is 17.4. The first-order valence-corrected chi connectivity index (χ1v) is 4.00. The minimum absolute atomic E-state index is 0.00498. The minimum Gasteiger partial charge on any atom is -0.396 e. The molecule has 0 aliphatic rings. The fourth-order valence-electron chi connectivity index (χ4n) is 0.781. The first kappa shape index (κ1) is 11.8. The SMILES string of the molecule is COC(C)(C)O[C@H](CO)CCO. The molecular weight excluding hydrogens is 160 g/mol. The number of aliphatic hydroxyl groups excluding tert-OH is 2. The molecule has 0 radical (unpaired) electrons. The zero-order chi connectivity index (χ0) is 9.61. The Hall–Kier alpha value is -0.160. The second kappa shape index (κ2) is 5.48. The second-order valence-electron chi connectivity index (χ2n) is 3.04. The lowest BCUT2D eigenvalue weighted by Crippen LogP contribution is -2.34. The van der Waals surface area contributed by atoms with Crippen LogP contribution >= 0.6 is 0 Å². The van der Waals surface area contributed by atoms with Gasteiger partial charge in [-0.15, -0.1) is 0 Å². The first-order chi connectivity index (χ1) is 5.55. The lowest BCUT2D eigenvalue weighted by atomic mass is 10.2. The van der Waals surface area contributed by atoms with Crippen LogP contribution in [0.25, 0.3) is 0 Å². The lowest BCUT2D eigenvalue weighted by Gasteiger charge is -2.28. The van der Waals surface area contributed by atoms with Crippen LogP contribution in [0.15, 0.2) is 0 Å². The van der Waals surface area contributed by atoms with Crippen molar-refractivity contribution >= 4 is 0 Å². The van der Waals surface area contributed by atoms with E-state index < -0.39 is 5.79 Å². The molecule has 0 heterocycles. The highest BCUT2D eigenvalue weighted by atomic mass is 16.7. The molecule has 0 unspecified atom stereocenters. The van der Waals surface area contributed by atoms with E-state index in [1.807, 2.05) is 0 Å². The third-order valence-corrected chi connectivity index (χ3v) is 1.60. The molecule has 74 valence electrons. The summed E-state index contributed by atoms with van der Waals surface area (Å²) in [6.45, 7) is 3.42. The van der Waals surface area contributed by atoms with Gasteiger partial charge in [-0.25, -0.2) is 0 Å². The summed E-state index contributed by atoms with van der Waals surface area (Å²) in [4.78, 5) is 0. The Kier molecular flexibility index (Phi) is 5.41. The van der Waals surface area contributed by atoms with Crippen LogP contribution in [0, 0.1) is 0 Å². The van der Waals surface area contributed by atoms with Crippen LogP contribution in [0.3, 0.4) is 0 Å². The highest BCUT2D eigenvalue weighted by Crippen LogP contribution is 2.14. The first-order valence-electron chi connectivity index (χ1n) is 4.00. The Morgan fingerprint density at radius 1 is 1.33 bits per heavy atom. The van der Waals surface area contributed by atoms with Crippen LogP contribution in [0.4, 0.5) is 0 Å². The third-order valence-electron chi connectivity index (χ3n) is 1.60. The van der Waals surface area contributed by atoms with Crippen LogP contribution in [0.1, 0.15) is 20.3 Å². The number of methoxy groups -OCH3 is 1. The van der Waals surface area contributed by atoms with Crippen LogP contribution in [-0.2, 0) is 9.47 Å². The minimum atomic E-state index is -0.706. The Bertz CT molecular complexity index is 114. The molecule has 0 aromatic heterocycles. The van der Waals surface area contributed by atoms with Gasteiger partial charge in [0.25, 0.3) is 0 Å². The van der Waals surface area contributed by atoms with E-state index in [1.165, 1.54) is 7.11 Å². The maximum absolute atomic E-state index is 8.82. The van der Waals surface area contributed by atoms with Gasteiger partial charge in [0, 0.05) is 13.7 Å². The van der Waals surface area contributed by atoms with E-state index in [9.17, 15) is 0 Å². The molecule has 4 nitrogen and oxygen atoms in total. The summed E-state index contributed by atoms with van der Waals surface area (Å²) in [6.07, 6.45) is 0.0634. The molecular formula is C8H18O4. The van der Waals surface area contributed by atoms with E-state index >= 15 is 0 Å². The molecule has 0 aromatic carbocycles. The maximum atomic E-state index is 8.82. The number of rotatable bonds is 6. The van der Waals surface area contributed by atoms with Gasteiger partial charge in [0.05, 0.1) is 12.7 Å². The monoisotopic (exact) mass is 178 g/mol. The summed E-state index contributed by atoms with van der Waals surface area (Å²) < 4.78 is 10.3. The van der Waals surface area contributed by atoms with Crippen molar-refractivity contribution in [3.05, 3.63) is 0 Å². The fourth-order valence-corrected chi connectivity index (χ4v) is 0.781. The van der Waals surface area contributed by atoms with Gasteiger partial charge in [-0.05, 0) is 20.3 Å². The molecule has 0 fully saturated rings. The van der Waals surface area contributed by atoms with Gasteiger partial charge in [-0.2, -0.15) is 0 Å². The number of hydrogen-bond acceptors (Lipinski definition) is 4. The molecule has 0 aliphatic heterocycles. The van der Waals surface area contributed by atoms with Crippen molar-refractivity contribution in [1.82, 2.24) is 0 Å². The predicted molar refractivity (Wildman–Crippen MR) is 44.7 cm³/mol. The number of aliphatic hydroxyl groups is 2. The van der Waals surface area contributed by atoms with Crippen LogP contribution in [0.2, 0.25) is 0 Å². The summed E-state index contributed by atoms with van der Waals surface area (Å²) in [5.41, 5.74) is 0. The molecule has 0 saturated heterocycles. The molecule has 1 atom stereocenters. The Labute approximate surface area is 73.1 Å². The molecule has 0 rings (SSSR count). The quantitative estimate of drug-likeness (QED) is 0.567. The van der Waals surface area contributed by atoms with Crippen molar-refractivity contribution in [1.29, 1.82) is 0 Å². The molecule has 0 spiro atoms. The summed E-state index contributed by atoms with van der Waals surface area (Å²) in [6, 6.07) is 0. The average molecular weight is 178 g/mol. The number of ether oxygens (including phenoxy) is 2. The van der Waals surface area contributed by atoms with Crippen molar-refractivity contribution in [2.45, 2.75) is 32.2 Å². The van der Waals surface area contributed by atoms with E-state index in [1.54, 1.807) is 13.8 Å². The van der Waals surface area contributed by atoms with E-state index in [-0.39, 0.29) is 19.3 Å². The molecule has 0 aliphatic carbocycles. The number of hydrogen-bond donors (Lipinski definition) is 2. The average Bonchev–Trinajstić information content (AvgIpc) is 2.03. The zero-order valence-electron chi connectivity index (χ0n) is 7.91. The third kappa shape index (κ3) is 4.66. The molecule has 0 saturated carbocycles. The van der Waals surface area contributed by atoms with Crippen molar-refractivity contribution < 1.29 is 19.7 Å². The van der Waals surface area contributed by atoms with Gasteiger partial charge in [-0.1, -0.05) is 0 Å². The summed E-state index contributed by atoms with van der Waals surface area (Å²) in [5.74, 6) is -0.706. The van der Waals surface area contributed by atoms with Gasteiger partial charge in [-0.3, -0.25) is 0 Å². The molecule has 12 heavy (non-hydrogen) atoms. The highest BCUT2D eigenvalue weighted by molar-refractivity contribution is 4.61. The van der Waals surface area contributed by atoms with E-state index in [0.29, 0.717) is 6.42 Å². The standard InChI is InChI=1S/C8H18O4/c1-8(2,11-3)12-7(6-10)4-5-9/h7,9-10H,4-6H2,1-3H3/t7-/m0/s1. The molecule has 0 amide bonds. The van der Waals surface area contributed by atoms with Crippen molar-refractivity contribution in [3.8, 4) is 0 Å². The van der Waals surface area contributed by atoms with E-state index in [0.717, 1.165) is 0 Å². The van der Waals surface area contributed by atoms with E-state index in [2.05, 4.69) is 0 Å². The zero-order valence-corrected chi connectivity index (χ0v) is 7.91. The van der Waals surface area contributed by atoms with Gasteiger partial charge < -0.3 is 19.7 Å². The van der Waals surface area contributed by atoms with Gasteiger partial charge >= 0.3 is 0 Å². The van der Waals surface area contributed by atoms with Crippen LogP contribution < -0.4 is 0 Å². The van der Waals surface area contributed by atoms with Gasteiger partial charge in [0.1, 0.15) is 0 Å². The largest absolute Gasteiger partial charge is 0.396 e. The van der Waals surface area contributed by atoms with Gasteiger partial charge in [0.2, 0.25) is 0 Å². The Morgan fingerprint density at radius 3 is 2.25 bits per heavy atom.